The molecule has 2 N–H and O–H groups in total. The number of rotatable bonds is 8. The molecule has 1 aromatic rings. The van der Waals surface area contributed by atoms with E-state index in [1.165, 1.54) is 0 Å². The van der Waals surface area contributed by atoms with Gasteiger partial charge in [-0.05, 0) is 31.2 Å². The van der Waals surface area contributed by atoms with Gasteiger partial charge in [-0.1, -0.05) is 12.2 Å². The standard InChI is InChI=1S/C14H21NO2Si/c1-4-11-18(12-5-2,16-6-3)17-14-9-7-13(15)8-10-14/h4-5,7-10H,1-2,6,11-12,15H2,3H3. The number of hydrogen-bond donors (Lipinski definition) is 1. The van der Waals surface area contributed by atoms with Crippen molar-refractivity contribution in [2.45, 2.75) is 19.0 Å². The van der Waals surface area contributed by atoms with Gasteiger partial charge in [0.1, 0.15) is 5.75 Å². The molecule has 0 bridgehead atoms. The van der Waals surface area contributed by atoms with Gasteiger partial charge in [0.25, 0.3) is 0 Å². The Balaban J connectivity index is 2.90. The average molecular weight is 263 g/mol. The summed E-state index contributed by atoms with van der Waals surface area (Å²) < 4.78 is 12.0. The third-order valence-electron chi connectivity index (χ3n) is 2.50. The van der Waals surface area contributed by atoms with Crippen molar-refractivity contribution in [3.8, 4) is 5.75 Å². The number of nitrogen functional groups attached to an aromatic ring is 1. The summed E-state index contributed by atoms with van der Waals surface area (Å²) in [6.45, 7) is 10.2. The third kappa shape index (κ3) is 4.05. The van der Waals surface area contributed by atoms with Gasteiger partial charge in [0, 0.05) is 24.4 Å². The first-order valence-electron chi connectivity index (χ1n) is 6.06. The quantitative estimate of drug-likeness (QED) is 0.443. The molecule has 4 heteroatoms. The molecule has 0 aliphatic rings. The van der Waals surface area contributed by atoms with Crippen LogP contribution in [0, 0.1) is 0 Å². The fourth-order valence-electron chi connectivity index (χ4n) is 1.77. The summed E-state index contributed by atoms with van der Waals surface area (Å²) in [4.78, 5) is 0. The van der Waals surface area contributed by atoms with Gasteiger partial charge in [0.2, 0.25) is 0 Å². The van der Waals surface area contributed by atoms with Gasteiger partial charge in [0.15, 0.2) is 0 Å². The molecular weight excluding hydrogens is 242 g/mol. The fraction of sp³-hybridized carbons (Fsp3) is 0.286. The van der Waals surface area contributed by atoms with Gasteiger partial charge < -0.3 is 14.6 Å². The van der Waals surface area contributed by atoms with E-state index in [1.807, 2.05) is 43.3 Å². The highest BCUT2D eigenvalue weighted by Gasteiger charge is 2.36. The zero-order chi connectivity index (χ0) is 13.4. The Bertz CT molecular complexity index is 379. The van der Waals surface area contributed by atoms with E-state index in [1.54, 1.807) is 0 Å². The van der Waals surface area contributed by atoms with Gasteiger partial charge in [-0.3, -0.25) is 0 Å². The summed E-state index contributed by atoms with van der Waals surface area (Å²) >= 11 is 0. The molecule has 3 nitrogen and oxygen atoms in total. The molecule has 0 saturated carbocycles. The van der Waals surface area contributed by atoms with Gasteiger partial charge in [-0.15, -0.1) is 13.2 Å². The predicted molar refractivity (Wildman–Crippen MR) is 78.9 cm³/mol. The van der Waals surface area contributed by atoms with Crippen LogP contribution in [0.3, 0.4) is 0 Å². The van der Waals surface area contributed by atoms with Crippen LogP contribution < -0.4 is 10.2 Å². The highest BCUT2D eigenvalue weighted by molar-refractivity contribution is 6.69. The van der Waals surface area contributed by atoms with Crippen molar-refractivity contribution in [1.82, 2.24) is 0 Å². The van der Waals surface area contributed by atoms with Crippen molar-refractivity contribution in [3.05, 3.63) is 49.6 Å². The molecule has 1 rings (SSSR count). The SMILES string of the molecule is C=CC[Si](CC=C)(OCC)Oc1ccc(N)cc1. The lowest BCUT2D eigenvalue weighted by Gasteiger charge is -2.29. The molecule has 0 radical (unpaired) electrons. The van der Waals surface area contributed by atoms with E-state index in [0.29, 0.717) is 6.61 Å². The second-order valence-electron chi connectivity index (χ2n) is 4.00. The summed E-state index contributed by atoms with van der Waals surface area (Å²) in [5, 5.41) is 0. The molecule has 0 heterocycles. The van der Waals surface area contributed by atoms with Crippen LogP contribution in [-0.4, -0.2) is 15.2 Å². The second-order valence-corrected chi connectivity index (χ2v) is 7.13. The monoisotopic (exact) mass is 263 g/mol. The average Bonchev–Trinajstić information content (AvgIpc) is 2.33. The Morgan fingerprint density at radius 3 is 2.17 bits per heavy atom. The molecule has 0 spiro atoms. The van der Waals surface area contributed by atoms with Crippen molar-refractivity contribution in [2.75, 3.05) is 12.3 Å². The summed E-state index contributed by atoms with van der Waals surface area (Å²) in [7, 11) is -2.33. The number of nitrogens with two attached hydrogens (primary N) is 1. The Kier molecular flexibility index (Phi) is 5.68. The third-order valence-corrected chi connectivity index (χ3v) is 5.75. The van der Waals surface area contributed by atoms with E-state index >= 15 is 0 Å². The maximum Gasteiger partial charge on any atom is 0.406 e. The molecule has 0 atom stereocenters. The maximum absolute atomic E-state index is 6.10. The van der Waals surface area contributed by atoms with Gasteiger partial charge in [-0.25, -0.2) is 0 Å². The first-order chi connectivity index (χ1) is 8.65. The first kappa shape index (κ1) is 14.5. The normalized spacial score (nSPS) is 10.9. The smallest absolute Gasteiger partial charge is 0.406 e. The molecule has 0 saturated heterocycles. The minimum atomic E-state index is -2.33. The number of hydrogen-bond acceptors (Lipinski definition) is 3. The molecule has 0 aromatic heterocycles. The molecule has 0 aliphatic heterocycles. The second kappa shape index (κ2) is 7.03. The molecule has 0 aliphatic carbocycles. The lowest BCUT2D eigenvalue weighted by Crippen LogP contribution is -2.44. The minimum Gasteiger partial charge on any atom is -0.520 e. The molecule has 18 heavy (non-hydrogen) atoms. The Hall–Kier alpha value is -1.52. The van der Waals surface area contributed by atoms with E-state index in [4.69, 9.17) is 14.6 Å². The minimum absolute atomic E-state index is 0.628. The molecular formula is C14H21NO2Si. The molecule has 0 amide bonds. The molecule has 1 aromatic carbocycles. The number of allylic oxidation sites excluding steroid dienone is 2. The fourth-order valence-corrected chi connectivity index (χ4v) is 4.37. The van der Waals surface area contributed by atoms with Crippen LogP contribution >= 0.6 is 0 Å². The van der Waals surface area contributed by atoms with Crippen LogP contribution in [0.2, 0.25) is 12.1 Å². The van der Waals surface area contributed by atoms with Gasteiger partial charge in [-0.2, -0.15) is 0 Å². The van der Waals surface area contributed by atoms with Crippen LogP contribution in [0.5, 0.6) is 5.75 Å². The first-order valence-corrected chi connectivity index (χ1v) is 8.29. The van der Waals surface area contributed by atoms with Crippen molar-refractivity contribution in [3.63, 3.8) is 0 Å². The van der Waals surface area contributed by atoms with E-state index < -0.39 is 8.56 Å². The lowest BCUT2D eigenvalue weighted by atomic mass is 10.3. The number of benzene rings is 1. The summed E-state index contributed by atoms with van der Waals surface area (Å²) in [5.74, 6) is 0.785. The topological polar surface area (TPSA) is 44.5 Å². The zero-order valence-electron chi connectivity index (χ0n) is 10.9. The predicted octanol–water partition coefficient (Wildman–Crippen LogP) is 3.50. The Morgan fingerprint density at radius 2 is 1.72 bits per heavy atom. The lowest BCUT2D eigenvalue weighted by molar-refractivity contribution is 0.256. The van der Waals surface area contributed by atoms with E-state index in [2.05, 4.69) is 13.2 Å². The van der Waals surface area contributed by atoms with Gasteiger partial charge >= 0.3 is 8.56 Å². The highest BCUT2D eigenvalue weighted by Crippen LogP contribution is 2.25. The van der Waals surface area contributed by atoms with E-state index in [-0.39, 0.29) is 0 Å². The van der Waals surface area contributed by atoms with Crippen LogP contribution in [0.4, 0.5) is 5.69 Å². The van der Waals surface area contributed by atoms with Crippen molar-refractivity contribution in [2.24, 2.45) is 0 Å². The Labute approximate surface area is 110 Å². The highest BCUT2D eigenvalue weighted by atomic mass is 28.4. The number of anilines is 1. The van der Waals surface area contributed by atoms with Crippen LogP contribution in [-0.2, 0) is 4.43 Å². The van der Waals surface area contributed by atoms with Crippen LogP contribution in [0.1, 0.15) is 6.92 Å². The zero-order valence-corrected chi connectivity index (χ0v) is 11.9. The summed E-state index contributed by atoms with van der Waals surface area (Å²) in [6.07, 6.45) is 3.70. The molecule has 0 unspecified atom stereocenters. The summed E-state index contributed by atoms with van der Waals surface area (Å²) in [5.41, 5.74) is 6.38. The largest absolute Gasteiger partial charge is 0.520 e. The van der Waals surface area contributed by atoms with Crippen LogP contribution in [0.25, 0.3) is 0 Å². The Morgan fingerprint density at radius 1 is 1.17 bits per heavy atom. The molecule has 98 valence electrons. The maximum atomic E-state index is 6.10. The van der Waals surface area contributed by atoms with Crippen molar-refractivity contribution in [1.29, 1.82) is 0 Å². The van der Waals surface area contributed by atoms with E-state index in [0.717, 1.165) is 23.5 Å². The van der Waals surface area contributed by atoms with Gasteiger partial charge in [0.05, 0.1) is 0 Å². The van der Waals surface area contributed by atoms with Crippen molar-refractivity contribution < 1.29 is 8.85 Å². The van der Waals surface area contributed by atoms with E-state index in [9.17, 15) is 0 Å². The summed E-state index contributed by atoms with van der Waals surface area (Å²) in [6, 6.07) is 8.84. The van der Waals surface area contributed by atoms with Crippen molar-refractivity contribution >= 4 is 14.2 Å². The molecule has 0 fully saturated rings. The van der Waals surface area contributed by atoms with Crippen LogP contribution in [0.15, 0.2) is 49.6 Å².